The summed E-state index contributed by atoms with van der Waals surface area (Å²) < 4.78 is 2.11. The Morgan fingerprint density at radius 1 is 1.18 bits per heavy atom. The SMILES string of the molecule is Cc1nn(CCNCCCC(C)C)c(C)c1C. The van der Waals surface area contributed by atoms with Gasteiger partial charge < -0.3 is 5.32 Å². The summed E-state index contributed by atoms with van der Waals surface area (Å²) in [5.74, 6) is 0.815. The highest BCUT2D eigenvalue weighted by molar-refractivity contribution is 5.22. The van der Waals surface area contributed by atoms with Gasteiger partial charge in [0, 0.05) is 12.2 Å². The van der Waals surface area contributed by atoms with E-state index in [1.165, 1.54) is 24.1 Å². The average molecular weight is 237 g/mol. The van der Waals surface area contributed by atoms with Gasteiger partial charge in [0.15, 0.2) is 0 Å². The number of nitrogens with zero attached hydrogens (tertiary/aromatic N) is 2. The number of rotatable bonds is 7. The average Bonchev–Trinajstić information content (AvgIpc) is 2.51. The first kappa shape index (κ1) is 14.2. The molecule has 1 heterocycles. The molecule has 98 valence electrons. The summed E-state index contributed by atoms with van der Waals surface area (Å²) in [5.41, 5.74) is 3.78. The molecule has 0 saturated heterocycles. The van der Waals surface area contributed by atoms with Crippen LogP contribution in [0.5, 0.6) is 0 Å². The minimum atomic E-state index is 0.815. The Bertz CT molecular complexity index is 339. The quantitative estimate of drug-likeness (QED) is 0.739. The molecule has 1 rings (SSSR count). The van der Waals surface area contributed by atoms with Gasteiger partial charge in [-0.05, 0) is 51.6 Å². The van der Waals surface area contributed by atoms with E-state index in [2.05, 4.69) is 49.7 Å². The van der Waals surface area contributed by atoms with Gasteiger partial charge in [0.2, 0.25) is 0 Å². The predicted octanol–water partition coefficient (Wildman–Crippen LogP) is 2.83. The third-order valence-electron chi connectivity index (χ3n) is 3.38. The van der Waals surface area contributed by atoms with E-state index in [0.29, 0.717) is 0 Å². The highest BCUT2D eigenvalue weighted by Crippen LogP contribution is 2.10. The third-order valence-corrected chi connectivity index (χ3v) is 3.38. The fourth-order valence-corrected chi connectivity index (χ4v) is 1.95. The van der Waals surface area contributed by atoms with Crippen LogP contribution < -0.4 is 5.32 Å². The zero-order valence-electron chi connectivity index (χ0n) is 12.0. The van der Waals surface area contributed by atoms with E-state index in [9.17, 15) is 0 Å². The molecule has 0 aliphatic rings. The summed E-state index contributed by atoms with van der Waals surface area (Å²) in [5, 5.41) is 8.02. The summed E-state index contributed by atoms with van der Waals surface area (Å²) in [6, 6.07) is 0. The number of aryl methyl sites for hydroxylation is 1. The zero-order chi connectivity index (χ0) is 12.8. The van der Waals surface area contributed by atoms with Crippen LogP contribution in [0.4, 0.5) is 0 Å². The maximum atomic E-state index is 4.53. The molecule has 17 heavy (non-hydrogen) atoms. The van der Waals surface area contributed by atoms with E-state index in [4.69, 9.17) is 0 Å². The molecule has 0 spiro atoms. The summed E-state index contributed by atoms with van der Waals surface area (Å²) in [6.07, 6.45) is 2.58. The topological polar surface area (TPSA) is 29.9 Å². The normalized spacial score (nSPS) is 11.4. The smallest absolute Gasteiger partial charge is 0.0625 e. The van der Waals surface area contributed by atoms with Crippen molar-refractivity contribution in [2.75, 3.05) is 13.1 Å². The standard InChI is InChI=1S/C14H27N3/c1-11(2)7-6-8-15-9-10-17-14(5)12(3)13(4)16-17/h11,15H,6-10H2,1-5H3. The van der Waals surface area contributed by atoms with Gasteiger partial charge >= 0.3 is 0 Å². The predicted molar refractivity (Wildman–Crippen MR) is 73.4 cm³/mol. The molecule has 0 unspecified atom stereocenters. The van der Waals surface area contributed by atoms with E-state index in [-0.39, 0.29) is 0 Å². The second kappa shape index (κ2) is 6.80. The van der Waals surface area contributed by atoms with Crippen molar-refractivity contribution in [3.63, 3.8) is 0 Å². The van der Waals surface area contributed by atoms with Gasteiger partial charge in [-0.1, -0.05) is 13.8 Å². The molecule has 3 heteroatoms. The Balaban J connectivity index is 2.20. The van der Waals surface area contributed by atoms with Crippen LogP contribution in [0, 0.1) is 26.7 Å². The first-order valence-corrected chi connectivity index (χ1v) is 6.73. The van der Waals surface area contributed by atoms with Crippen molar-refractivity contribution in [3.05, 3.63) is 17.0 Å². The number of nitrogens with one attached hydrogen (secondary N) is 1. The zero-order valence-corrected chi connectivity index (χ0v) is 12.0. The van der Waals surface area contributed by atoms with Gasteiger partial charge in [0.05, 0.1) is 12.2 Å². The molecule has 1 aromatic heterocycles. The van der Waals surface area contributed by atoms with Gasteiger partial charge in [0.25, 0.3) is 0 Å². The lowest BCUT2D eigenvalue weighted by molar-refractivity contribution is 0.500. The first-order valence-electron chi connectivity index (χ1n) is 6.73. The van der Waals surface area contributed by atoms with Crippen molar-refractivity contribution in [1.29, 1.82) is 0 Å². The molecule has 1 aromatic rings. The van der Waals surface area contributed by atoms with Gasteiger partial charge in [-0.2, -0.15) is 5.10 Å². The summed E-state index contributed by atoms with van der Waals surface area (Å²) >= 11 is 0. The molecular formula is C14H27N3. The Labute approximate surface area is 106 Å². The largest absolute Gasteiger partial charge is 0.315 e. The summed E-state index contributed by atoms with van der Waals surface area (Å²) in [7, 11) is 0. The van der Waals surface area contributed by atoms with Crippen LogP contribution >= 0.6 is 0 Å². The van der Waals surface area contributed by atoms with Crippen LogP contribution in [0.1, 0.15) is 43.6 Å². The molecule has 0 fully saturated rings. The molecule has 3 nitrogen and oxygen atoms in total. The molecule has 1 N–H and O–H groups in total. The number of hydrogen-bond acceptors (Lipinski definition) is 2. The highest BCUT2D eigenvalue weighted by atomic mass is 15.3. The van der Waals surface area contributed by atoms with E-state index >= 15 is 0 Å². The maximum Gasteiger partial charge on any atom is 0.0625 e. The Morgan fingerprint density at radius 3 is 2.41 bits per heavy atom. The molecule has 0 aromatic carbocycles. The van der Waals surface area contributed by atoms with Crippen LogP contribution in [-0.2, 0) is 6.54 Å². The second-order valence-electron chi connectivity index (χ2n) is 5.31. The van der Waals surface area contributed by atoms with Crippen LogP contribution in [0.2, 0.25) is 0 Å². The fraction of sp³-hybridized carbons (Fsp3) is 0.786. The third kappa shape index (κ3) is 4.50. The van der Waals surface area contributed by atoms with E-state index in [1.54, 1.807) is 0 Å². The first-order chi connectivity index (χ1) is 8.02. The molecule has 0 radical (unpaired) electrons. The van der Waals surface area contributed by atoms with Gasteiger partial charge in [-0.25, -0.2) is 0 Å². The monoisotopic (exact) mass is 237 g/mol. The Hall–Kier alpha value is -0.830. The van der Waals surface area contributed by atoms with Crippen molar-refractivity contribution in [3.8, 4) is 0 Å². The van der Waals surface area contributed by atoms with E-state index in [0.717, 1.165) is 31.2 Å². The summed E-state index contributed by atoms with van der Waals surface area (Å²) in [4.78, 5) is 0. The molecule has 0 aliphatic carbocycles. The Morgan fingerprint density at radius 2 is 1.88 bits per heavy atom. The van der Waals surface area contributed by atoms with Crippen molar-refractivity contribution < 1.29 is 0 Å². The van der Waals surface area contributed by atoms with E-state index in [1.807, 2.05) is 0 Å². The van der Waals surface area contributed by atoms with Crippen LogP contribution in [0.3, 0.4) is 0 Å². The lowest BCUT2D eigenvalue weighted by Gasteiger charge is -2.08. The molecule has 0 atom stereocenters. The van der Waals surface area contributed by atoms with Crippen LogP contribution in [0.15, 0.2) is 0 Å². The fourth-order valence-electron chi connectivity index (χ4n) is 1.95. The summed E-state index contributed by atoms with van der Waals surface area (Å²) in [6.45, 7) is 14.0. The molecule has 0 bridgehead atoms. The Kier molecular flexibility index (Phi) is 5.69. The number of hydrogen-bond donors (Lipinski definition) is 1. The van der Waals surface area contributed by atoms with Gasteiger partial charge in [0.1, 0.15) is 0 Å². The van der Waals surface area contributed by atoms with Crippen molar-refractivity contribution in [2.45, 2.75) is 54.0 Å². The second-order valence-corrected chi connectivity index (χ2v) is 5.31. The highest BCUT2D eigenvalue weighted by Gasteiger charge is 2.05. The van der Waals surface area contributed by atoms with Gasteiger partial charge in [-0.15, -0.1) is 0 Å². The lowest BCUT2D eigenvalue weighted by atomic mass is 10.1. The van der Waals surface area contributed by atoms with Gasteiger partial charge in [-0.3, -0.25) is 4.68 Å². The van der Waals surface area contributed by atoms with Crippen molar-refractivity contribution in [2.24, 2.45) is 5.92 Å². The molecule has 0 aliphatic heterocycles. The minimum Gasteiger partial charge on any atom is -0.315 e. The van der Waals surface area contributed by atoms with Crippen LogP contribution in [0.25, 0.3) is 0 Å². The van der Waals surface area contributed by atoms with Crippen molar-refractivity contribution >= 4 is 0 Å². The molecular weight excluding hydrogens is 210 g/mol. The van der Waals surface area contributed by atoms with Crippen molar-refractivity contribution in [1.82, 2.24) is 15.1 Å². The molecule has 0 saturated carbocycles. The lowest BCUT2D eigenvalue weighted by Crippen LogP contribution is -2.22. The molecule has 0 amide bonds. The van der Waals surface area contributed by atoms with Crippen LogP contribution in [-0.4, -0.2) is 22.9 Å². The minimum absolute atomic E-state index is 0.815. The maximum absolute atomic E-state index is 4.53. The van der Waals surface area contributed by atoms with E-state index < -0.39 is 0 Å². The number of aromatic nitrogens is 2.